The molecule has 0 unspecified atom stereocenters. The fraction of sp³-hybridized carbons (Fsp3) is 0.167. The molecule has 0 saturated heterocycles. The topological polar surface area (TPSA) is 55.1 Å². The highest BCUT2D eigenvalue weighted by atomic mass is 19.1. The van der Waals surface area contributed by atoms with Crippen molar-refractivity contribution in [2.75, 3.05) is 0 Å². The molecule has 0 aliphatic rings. The maximum absolute atomic E-state index is 12.7. The number of rotatable bonds is 3. The number of carbonyl (C=O) groups excluding carboxylic acids is 1. The molecule has 4 nitrogen and oxygen atoms in total. The Labute approximate surface area is 97.5 Å². The summed E-state index contributed by atoms with van der Waals surface area (Å²) in [6.07, 6.45) is 1.33. The van der Waals surface area contributed by atoms with E-state index >= 15 is 0 Å². The van der Waals surface area contributed by atoms with Crippen LogP contribution in [0.25, 0.3) is 0 Å². The SMILES string of the molecule is Cc1ncoc1CNC(=O)c1ccc(F)cc1. The minimum Gasteiger partial charge on any atom is -0.446 e. The molecular formula is C12H11FN2O2. The monoisotopic (exact) mass is 234 g/mol. The van der Waals surface area contributed by atoms with Crippen molar-refractivity contribution >= 4 is 5.91 Å². The maximum Gasteiger partial charge on any atom is 0.251 e. The van der Waals surface area contributed by atoms with E-state index in [0.29, 0.717) is 11.3 Å². The van der Waals surface area contributed by atoms with E-state index in [-0.39, 0.29) is 18.3 Å². The summed E-state index contributed by atoms with van der Waals surface area (Å²) in [5.74, 6) is -0.0334. The zero-order valence-corrected chi connectivity index (χ0v) is 9.24. The maximum atomic E-state index is 12.7. The van der Waals surface area contributed by atoms with Crippen LogP contribution in [0.4, 0.5) is 4.39 Å². The number of oxazole rings is 1. The van der Waals surface area contributed by atoms with Crippen LogP contribution in [-0.2, 0) is 6.54 Å². The lowest BCUT2D eigenvalue weighted by atomic mass is 10.2. The number of aryl methyl sites for hydroxylation is 1. The molecule has 0 atom stereocenters. The molecule has 1 N–H and O–H groups in total. The second kappa shape index (κ2) is 4.78. The van der Waals surface area contributed by atoms with Crippen LogP contribution in [0.1, 0.15) is 21.8 Å². The minimum absolute atomic E-state index is 0.266. The van der Waals surface area contributed by atoms with Gasteiger partial charge in [-0.2, -0.15) is 0 Å². The Hall–Kier alpha value is -2.17. The van der Waals surface area contributed by atoms with Crippen LogP contribution in [0.5, 0.6) is 0 Å². The minimum atomic E-state index is -0.368. The van der Waals surface area contributed by atoms with Gasteiger partial charge in [0.05, 0.1) is 12.2 Å². The molecule has 17 heavy (non-hydrogen) atoms. The summed E-state index contributed by atoms with van der Waals surface area (Å²) in [7, 11) is 0. The van der Waals surface area contributed by atoms with Gasteiger partial charge in [0, 0.05) is 5.56 Å². The third kappa shape index (κ3) is 2.69. The lowest BCUT2D eigenvalue weighted by molar-refractivity contribution is 0.0948. The summed E-state index contributed by atoms with van der Waals surface area (Å²) in [6.45, 7) is 2.06. The Morgan fingerprint density at radius 1 is 1.41 bits per heavy atom. The van der Waals surface area contributed by atoms with E-state index < -0.39 is 0 Å². The summed E-state index contributed by atoms with van der Waals surface area (Å²) in [5.41, 5.74) is 1.15. The predicted molar refractivity (Wildman–Crippen MR) is 58.8 cm³/mol. The van der Waals surface area contributed by atoms with Gasteiger partial charge in [-0.3, -0.25) is 4.79 Å². The van der Waals surface area contributed by atoms with Crippen LogP contribution < -0.4 is 5.32 Å². The quantitative estimate of drug-likeness (QED) is 0.884. The largest absolute Gasteiger partial charge is 0.446 e. The standard InChI is InChI=1S/C12H11FN2O2/c1-8-11(17-7-15-8)6-14-12(16)9-2-4-10(13)5-3-9/h2-5,7H,6H2,1H3,(H,14,16). The third-order valence-corrected chi connectivity index (χ3v) is 2.36. The van der Waals surface area contributed by atoms with Gasteiger partial charge < -0.3 is 9.73 Å². The molecule has 0 saturated carbocycles. The van der Waals surface area contributed by atoms with Crippen molar-refractivity contribution in [1.82, 2.24) is 10.3 Å². The van der Waals surface area contributed by atoms with Crippen molar-refractivity contribution in [2.24, 2.45) is 0 Å². The molecule has 88 valence electrons. The average molecular weight is 234 g/mol. The smallest absolute Gasteiger partial charge is 0.251 e. The molecule has 1 aromatic carbocycles. The molecule has 1 amide bonds. The van der Waals surface area contributed by atoms with Gasteiger partial charge >= 0.3 is 0 Å². The second-order valence-electron chi connectivity index (χ2n) is 3.55. The number of carbonyl (C=O) groups is 1. The summed E-state index contributed by atoms with van der Waals surface area (Å²) in [6, 6.07) is 5.35. The normalized spacial score (nSPS) is 10.2. The zero-order chi connectivity index (χ0) is 12.3. The Balaban J connectivity index is 1.98. The molecule has 0 aliphatic carbocycles. The van der Waals surface area contributed by atoms with Crippen molar-refractivity contribution in [3.8, 4) is 0 Å². The highest BCUT2D eigenvalue weighted by molar-refractivity contribution is 5.94. The zero-order valence-electron chi connectivity index (χ0n) is 9.24. The van der Waals surface area contributed by atoms with Gasteiger partial charge in [-0.05, 0) is 31.2 Å². The average Bonchev–Trinajstić information content (AvgIpc) is 2.73. The second-order valence-corrected chi connectivity index (χ2v) is 3.55. The van der Waals surface area contributed by atoms with E-state index in [2.05, 4.69) is 10.3 Å². The van der Waals surface area contributed by atoms with E-state index in [9.17, 15) is 9.18 Å². The highest BCUT2D eigenvalue weighted by Gasteiger charge is 2.08. The number of aromatic nitrogens is 1. The molecule has 0 spiro atoms. The van der Waals surface area contributed by atoms with Gasteiger partial charge in [-0.1, -0.05) is 0 Å². The molecule has 0 bridgehead atoms. The Morgan fingerprint density at radius 2 is 2.12 bits per heavy atom. The van der Waals surface area contributed by atoms with E-state index in [0.717, 1.165) is 5.69 Å². The van der Waals surface area contributed by atoms with Crippen molar-refractivity contribution in [3.63, 3.8) is 0 Å². The van der Waals surface area contributed by atoms with Gasteiger partial charge in [-0.15, -0.1) is 0 Å². The molecule has 5 heteroatoms. The van der Waals surface area contributed by atoms with Crippen molar-refractivity contribution < 1.29 is 13.6 Å². The summed E-state index contributed by atoms with van der Waals surface area (Å²) < 4.78 is 17.7. The Morgan fingerprint density at radius 3 is 2.71 bits per heavy atom. The number of hydrogen-bond acceptors (Lipinski definition) is 3. The van der Waals surface area contributed by atoms with Crippen LogP contribution in [0.3, 0.4) is 0 Å². The first-order valence-electron chi connectivity index (χ1n) is 5.09. The van der Waals surface area contributed by atoms with E-state index in [1.807, 2.05) is 0 Å². The van der Waals surface area contributed by atoms with E-state index in [1.165, 1.54) is 30.7 Å². The molecule has 1 heterocycles. The molecule has 0 aliphatic heterocycles. The Bertz CT molecular complexity index is 520. The fourth-order valence-electron chi connectivity index (χ4n) is 1.36. The van der Waals surface area contributed by atoms with Crippen LogP contribution in [0.2, 0.25) is 0 Å². The first-order valence-corrected chi connectivity index (χ1v) is 5.09. The molecule has 2 rings (SSSR count). The van der Waals surface area contributed by atoms with Crippen LogP contribution in [0.15, 0.2) is 35.1 Å². The predicted octanol–water partition coefficient (Wildman–Crippen LogP) is 2.05. The number of benzene rings is 1. The molecular weight excluding hydrogens is 223 g/mol. The van der Waals surface area contributed by atoms with Gasteiger partial charge in [0.15, 0.2) is 6.39 Å². The van der Waals surface area contributed by atoms with E-state index in [1.54, 1.807) is 6.92 Å². The summed E-state index contributed by atoms with van der Waals surface area (Å²) in [5, 5.41) is 2.67. The van der Waals surface area contributed by atoms with Crippen LogP contribution >= 0.6 is 0 Å². The molecule has 0 fully saturated rings. The lowest BCUT2D eigenvalue weighted by Crippen LogP contribution is -2.22. The van der Waals surface area contributed by atoms with Crippen LogP contribution in [-0.4, -0.2) is 10.9 Å². The Kier molecular flexibility index (Phi) is 3.18. The number of amides is 1. The first-order chi connectivity index (χ1) is 8.16. The molecule has 2 aromatic rings. The van der Waals surface area contributed by atoms with Gasteiger partial charge in [0.25, 0.3) is 5.91 Å². The third-order valence-electron chi connectivity index (χ3n) is 2.36. The van der Waals surface area contributed by atoms with Crippen molar-refractivity contribution in [3.05, 3.63) is 53.5 Å². The highest BCUT2D eigenvalue weighted by Crippen LogP contribution is 2.06. The molecule has 0 radical (unpaired) electrons. The molecule has 1 aromatic heterocycles. The van der Waals surface area contributed by atoms with Gasteiger partial charge in [0.1, 0.15) is 11.6 Å². The summed E-state index contributed by atoms with van der Waals surface area (Å²) in [4.78, 5) is 15.6. The number of hydrogen-bond donors (Lipinski definition) is 1. The van der Waals surface area contributed by atoms with Crippen LogP contribution in [0, 0.1) is 12.7 Å². The summed E-state index contributed by atoms with van der Waals surface area (Å²) >= 11 is 0. The van der Waals surface area contributed by atoms with Crippen molar-refractivity contribution in [2.45, 2.75) is 13.5 Å². The fourth-order valence-corrected chi connectivity index (χ4v) is 1.36. The number of halogens is 1. The lowest BCUT2D eigenvalue weighted by Gasteiger charge is -2.03. The number of nitrogens with zero attached hydrogens (tertiary/aromatic N) is 1. The van der Waals surface area contributed by atoms with E-state index in [4.69, 9.17) is 4.42 Å². The van der Waals surface area contributed by atoms with Gasteiger partial charge in [-0.25, -0.2) is 9.37 Å². The number of nitrogens with one attached hydrogen (secondary N) is 1. The van der Waals surface area contributed by atoms with Gasteiger partial charge in [0.2, 0.25) is 0 Å². The van der Waals surface area contributed by atoms with Crippen molar-refractivity contribution in [1.29, 1.82) is 0 Å². The first kappa shape index (κ1) is 11.3.